The van der Waals surface area contributed by atoms with Crippen LogP contribution in [0.15, 0.2) is 29.4 Å². The van der Waals surface area contributed by atoms with Crippen molar-refractivity contribution < 1.29 is 0 Å². The summed E-state index contributed by atoms with van der Waals surface area (Å²) in [6.07, 6.45) is 8.05. The van der Waals surface area contributed by atoms with Crippen LogP contribution in [0.3, 0.4) is 0 Å². The molecule has 0 saturated carbocycles. The second-order valence-corrected chi connectivity index (χ2v) is 7.70. The number of aliphatic imine (C=N–C) groups is 1. The first-order valence-electron chi connectivity index (χ1n) is 9.05. The molecule has 0 bridgehead atoms. The lowest BCUT2D eigenvalue weighted by atomic mass is 10.0. The number of nitrogens with zero attached hydrogens (tertiary/aromatic N) is 3. The van der Waals surface area contributed by atoms with Crippen LogP contribution in [0.4, 0.5) is 5.69 Å². The van der Waals surface area contributed by atoms with Crippen LogP contribution in [-0.2, 0) is 7.05 Å². The predicted molar refractivity (Wildman–Crippen MR) is 113 cm³/mol. The van der Waals surface area contributed by atoms with Gasteiger partial charge in [-0.05, 0) is 62.2 Å². The molecule has 138 valence electrons. The Kier molecular flexibility index (Phi) is 6.06. The van der Waals surface area contributed by atoms with Crippen LogP contribution in [0, 0.1) is 6.92 Å². The first kappa shape index (κ1) is 18.6. The zero-order valence-corrected chi connectivity index (χ0v) is 16.6. The lowest BCUT2D eigenvalue weighted by molar-refractivity contribution is 0.520. The van der Waals surface area contributed by atoms with Crippen LogP contribution in [0.1, 0.15) is 30.4 Å². The summed E-state index contributed by atoms with van der Waals surface area (Å²) in [5.74, 6) is 0. The Morgan fingerprint density at radius 3 is 2.58 bits per heavy atom. The maximum atomic E-state index is 6.09. The molecule has 0 atom stereocenters. The van der Waals surface area contributed by atoms with Crippen LogP contribution < -0.4 is 11.1 Å². The van der Waals surface area contributed by atoms with E-state index < -0.39 is 0 Å². The highest BCUT2D eigenvalue weighted by Gasteiger charge is 2.10. The van der Waals surface area contributed by atoms with Gasteiger partial charge in [0.05, 0.1) is 0 Å². The number of piperidine rings is 1. The quantitative estimate of drug-likeness (QED) is 0.530. The fourth-order valence-corrected chi connectivity index (χ4v) is 4.13. The van der Waals surface area contributed by atoms with Crippen LogP contribution in [0.2, 0.25) is 0 Å². The molecule has 3 heterocycles. The Bertz CT molecular complexity index is 859. The van der Waals surface area contributed by atoms with Crippen LogP contribution in [0.25, 0.3) is 20.7 Å². The van der Waals surface area contributed by atoms with Gasteiger partial charge >= 0.3 is 0 Å². The van der Waals surface area contributed by atoms with Crippen molar-refractivity contribution in [1.82, 2.24) is 15.1 Å². The van der Waals surface area contributed by atoms with E-state index in [0.29, 0.717) is 0 Å². The highest BCUT2D eigenvalue weighted by atomic mass is 32.1. The molecule has 0 spiro atoms. The van der Waals surface area contributed by atoms with E-state index in [1.54, 1.807) is 24.6 Å². The van der Waals surface area contributed by atoms with E-state index in [2.05, 4.69) is 33.6 Å². The number of hydrogen-bond donors (Lipinski definition) is 2. The van der Waals surface area contributed by atoms with E-state index in [1.807, 2.05) is 24.9 Å². The highest BCUT2D eigenvalue weighted by molar-refractivity contribution is 7.21. The maximum Gasteiger partial charge on any atom is 0.146 e. The van der Waals surface area contributed by atoms with Gasteiger partial charge in [0.25, 0.3) is 0 Å². The van der Waals surface area contributed by atoms with E-state index in [1.165, 1.54) is 42.6 Å². The molecule has 1 saturated heterocycles. The smallest absolute Gasteiger partial charge is 0.146 e. The summed E-state index contributed by atoms with van der Waals surface area (Å²) in [5, 5.41) is 8.90. The number of nitrogen functional groups attached to an aromatic ring is 1. The lowest BCUT2D eigenvalue weighted by Crippen LogP contribution is -2.21. The van der Waals surface area contributed by atoms with Gasteiger partial charge in [0.2, 0.25) is 0 Å². The summed E-state index contributed by atoms with van der Waals surface area (Å²) in [6.45, 7) is 4.53. The third-order valence-corrected chi connectivity index (χ3v) is 5.58. The number of anilines is 1. The average molecular weight is 370 g/mol. The van der Waals surface area contributed by atoms with Gasteiger partial charge in [-0.2, -0.15) is 5.10 Å². The summed E-state index contributed by atoms with van der Waals surface area (Å²) in [6, 6.07) is 6.37. The fourth-order valence-electron chi connectivity index (χ4n) is 3.10. The topological polar surface area (TPSA) is 68.2 Å². The minimum atomic E-state index is 0.791. The Morgan fingerprint density at radius 1 is 1.23 bits per heavy atom. The predicted octanol–water partition coefficient (Wildman–Crippen LogP) is 4.00. The van der Waals surface area contributed by atoms with Crippen molar-refractivity contribution >= 4 is 33.5 Å². The van der Waals surface area contributed by atoms with Crippen LogP contribution in [-0.4, -0.2) is 36.1 Å². The molecule has 1 aliphatic rings. The molecular formula is C20H27N5S. The van der Waals surface area contributed by atoms with Gasteiger partial charge < -0.3 is 11.1 Å². The van der Waals surface area contributed by atoms with E-state index in [0.717, 1.165) is 27.2 Å². The van der Waals surface area contributed by atoms with E-state index >= 15 is 0 Å². The molecule has 5 nitrogen and oxygen atoms in total. The number of fused-ring (bicyclic) bond motifs is 1. The largest absolute Gasteiger partial charge is 0.398 e. The van der Waals surface area contributed by atoms with Gasteiger partial charge in [-0.15, -0.1) is 11.3 Å². The second kappa shape index (κ2) is 8.47. The summed E-state index contributed by atoms with van der Waals surface area (Å²) < 4.78 is 1.84. The number of nitrogens with one attached hydrogen (secondary N) is 1. The number of aromatic nitrogens is 2. The zero-order chi connectivity index (χ0) is 18.5. The number of hydrogen-bond acceptors (Lipinski definition) is 5. The van der Waals surface area contributed by atoms with Crippen molar-refractivity contribution in [3.05, 3.63) is 35.5 Å². The van der Waals surface area contributed by atoms with Crippen molar-refractivity contribution in [3.8, 4) is 10.4 Å². The molecule has 0 aliphatic carbocycles. The summed E-state index contributed by atoms with van der Waals surface area (Å²) >= 11 is 1.70. The Balaban J connectivity index is 0.000000278. The number of nitrogens with two attached hydrogens (primary N) is 1. The molecule has 1 fully saturated rings. The highest BCUT2D eigenvalue weighted by Crippen LogP contribution is 2.34. The minimum Gasteiger partial charge on any atom is -0.398 e. The van der Waals surface area contributed by atoms with Crippen molar-refractivity contribution in [2.75, 3.05) is 25.9 Å². The standard InChI is InChI=1S/C15H16N4S.C5H11N/c1-9-4-10(5-11(7-17-2)14(9)16)13-6-12-8-19(3)18-15(12)20-13;1-2-4-6-5-3-1/h4-8H,16H2,1-3H3;6H,1-5H2. The van der Waals surface area contributed by atoms with Crippen LogP contribution >= 0.6 is 11.3 Å². The first-order valence-corrected chi connectivity index (χ1v) is 9.86. The second-order valence-electron chi connectivity index (χ2n) is 6.67. The minimum absolute atomic E-state index is 0.791. The van der Waals surface area contributed by atoms with Gasteiger partial charge in [0.15, 0.2) is 0 Å². The Hall–Kier alpha value is -2.18. The normalized spacial score (nSPS) is 14.6. The van der Waals surface area contributed by atoms with Crippen molar-refractivity contribution in [2.45, 2.75) is 26.2 Å². The summed E-state index contributed by atoms with van der Waals surface area (Å²) in [5.41, 5.74) is 10.1. The Morgan fingerprint density at radius 2 is 2.00 bits per heavy atom. The third-order valence-electron chi connectivity index (χ3n) is 4.49. The molecule has 26 heavy (non-hydrogen) atoms. The number of benzene rings is 1. The van der Waals surface area contributed by atoms with Gasteiger partial charge in [0.1, 0.15) is 4.83 Å². The number of rotatable bonds is 2. The molecule has 1 aliphatic heterocycles. The number of thiophene rings is 1. The molecule has 1 aromatic carbocycles. The monoisotopic (exact) mass is 369 g/mol. The first-order chi connectivity index (χ1) is 12.6. The van der Waals surface area contributed by atoms with E-state index in [9.17, 15) is 0 Å². The molecule has 3 aromatic rings. The molecule has 6 heteroatoms. The van der Waals surface area contributed by atoms with E-state index in [-0.39, 0.29) is 0 Å². The molecule has 0 unspecified atom stereocenters. The van der Waals surface area contributed by atoms with Gasteiger partial charge in [-0.3, -0.25) is 9.67 Å². The van der Waals surface area contributed by atoms with Gasteiger partial charge in [-0.1, -0.05) is 6.42 Å². The molecule has 0 radical (unpaired) electrons. The molecule has 3 N–H and O–H groups in total. The van der Waals surface area contributed by atoms with Crippen LogP contribution in [0.5, 0.6) is 0 Å². The SMILES string of the molecule is C1CCNCC1.CN=Cc1cc(-c2cc3cn(C)nc3s2)cc(C)c1N. The Labute approximate surface area is 158 Å². The van der Waals surface area contributed by atoms with E-state index in [4.69, 9.17) is 5.73 Å². The van der Waals surface area contributed by atoms with Crippen molar-refractivity contribution in [1.29, 1.82) is 0 Å². The maximum absolute atomic E-state index is 6.09. The van der Waals surface area contributed by atoms with Crippen molar-refractivity contribution in [3.63, 3.8) is 0 Å². The third kappa shape index (κ3) is 4.31. The van der Waals surface area contributed by atoms with Crippen molar-refractivity contribution in [2.24, 2.45) is 12.0 Å². The molecule has 4 rings (SSSR count). The molecular weight excluding hydrogens is 342 g/mol. The number of aryl methyl sites for hydroxylation is 2. The van der Waals surface area contributed by atoms with Gasteiger partial charge in [0, 0.05) is 48.0 Å². The average Bonchev–Trinajstić information content (AvgIpc) is 3.18. The zero-order valence-electron chi connectivity index (χ0n) is 15.7. The molecule has 2 aromatic heterocycles. The molecule has 0 amide bonds. The summed E-state index contributed by atoms with van der Waals surface area (Å²) in [7, 11) is 3.69. The summed E-state index contributed by atoms with van der Waals surface area (Å²) in [4.78, 5) is 6.33. The fraction of sp³-hybridized carbons (Fsp3) is 0.400. The van der Waals surface area contributed by atoms with Gasteiger partial charge in [-0.25, -0.2) is 0 Å². The lowest BCUT2D eigenvalue weighted by Gasteiger charge is -2.08.